The van der Waals surface area contributed by atoms with Crippen LogP contribution in [0.2, 0.25) is 5.02 Å². The van der Waals surface area contributed by atoms with Gasteiger partial charge in [0.15, 0.2) is 11.5 Å². The lowest BCUT2D eigenvalue weighted by molar-refractivity contribution is 0.171. The van der Waals surface area contributed by atoms with E-state index in [4.69, 9.17) is 27.5 Å². The van der Waals surface area contributed by atoms with Crippen LogP contribution in [0.5, 0.6) is 11.5 Å². The third-order valence-corrected chi connectivity index (χ3v) is 3.19. The van der Waals surface area contributed by atoms with Crippen LogP contribution in [-0.4, -0.2) is 19.8 Å². The molecule has 4 heteroatoms. The lowest BCUT2D eigenvalue weighted by Gasteiger charge is -2.20. The number of halogens is 1. The van der Waals surface area contributed by atoms with E-state index in [2.05, 4.69) is 11.2 Å². The van der Waals surface area contributed by atoms with E-state index in [0.717, 1.165) is 43.7 Å². The molecule has 0 amide bonds. The Balaban J connectivity index is 1.84. The Labute approximate surface area is 119 Å². The fourth-order valence-electron chi connectivity index (χ4n) is 1.98. The van der Waals surface area contributed by atoms with E-state index in [1.54, 1.807) is 0 Å². The summed E-state index contributed by atoms with van der Waals surface area (Å²) in [6, 6.07) is 3.90. The largest absolute Gasteiger partial charge is 0.486 e. The second-order valence-electron chi connectivity index (χ2n) is 4.44. The molecule has 102 valence electrons. The number of hydrogen-bond donors (Lipinski definition) is 1. The van der Waals surface area contributed by atoms with Crippen molar-refractivity contribution in [2.45, 2.75) is 25.8 Å². The molecule has 1 heterocycles. The molecule has 0 radical (unpaired) electrons. The van der Waals surface area contributed by atoms with E-state index in [-0.39, 0.29) is 0 Å². The van der Waals surface area contributed by atoms with Crippen LogP contribution in [0.4, 0.5) is 0 Å². The molecule has 1 aromatic rings. The average Bonchev–Trinajstić information content (AvgIpc) is 2.43. The van der Waals surface area contributed by atoms with Crippen molar-refractivity contribution in [3.05, 3.63) is 22.7 Å². The molecule has 1 aliphatic rings. The molecule has 19 heavy (non-hydrogen) atoms. The van der Waals surface area contributed by atoms with Gasteiger partial charge in [0.25, 0.3) is 0 Å². The molecule has 0 saturated heterocycles. The smallest absolute Gasteiger partial charge is 0.179 e. The second kappa shape index (κ2) is 7.28. The van der Waals surface area contributed by atoms with Gasteiger partial charge in [-0.3, -0.25) is 0 Å². The van der Waals surface area contributed by atoms with Crippen LogP contribution in [0, 0.1) is 12.3 Å². The maximum Gasteiger partial charge on any atom is 0.179 e. The summed E-state index contributed by atoms with van der Waals surface area (Å²) in [7, 11) is 0. The van der Waals surface area contributed by atoms with Gasteiger partial charge in [-0.05, 0) is 37.1 Å². The minimum absolute atomic E-state index is 0.555. The quantitative estimate of drug-likeness (QED) is 0.641. The maximum atomic E-state index is 6.17. The van der Waals surface area contributed by atoms with Gasteiger partial charge in [-0.15, -0.1) is 12.3 Å². The predicted octanol–water partition coefficient (Wildman–Crippen LogP) is 3.00. The molecule has 1 aromatic carbocycles. The summed E-state index contributed by atoms with van der Waals surface area (Å²) >= 11 is 6.17. The highest BCUT2D eigenvalue weighted by molar-refractivity contribution is 6.32. The van der Waals surface area contributed by atoms with Gasteiger partial charge in [-0.25, -0.2) is 0 Å². The first kappa shape index (κ1) is 14.0. The molecule has 1 N–H and O–H groups in total. The first-order valence-corrected chi connectivity index (χ1v) is 6.91. The zero-order valence-corrected chi connectivity index (χ0v) is 11.6. The van der Waals surface area contributed by atoms with Gasteiger partial charge < -0.3 is 14.8 Å². The molecule has 0 aromatic heterocycles. The van der Waals surface area contributed by atoms with E-state index in [0.29, 0.717) is 24.0 Å². The number of terminal acetylenes is 1. The molecule has 0 fully saturated rings. The Kier molecular flexibility index (Phi) is 5.38. The van der Waals surface area contributed by atoms with E-state index in [1.165, 1.54) is 0 Å². The van der Waals surface area contributed by atoms with Crippen molar-refractivity contribution in [2.75, 3.05) is 19.8 Å². The number of nitrogens with one attached hydrogen (secondary N) is 1. The molecule has 0 unspecified atom stereocenters. The fraction of sp³-hybridized carbons (Fsp3) is 0.467. The van der Waals surface area contributed by atoms with Crippen LogP contribution >= 0.6 is 11.6 Å². The molecule has 0 atom stereocenters. The fourth-order valence-corrected chi connectivity index (χ4v) is 2.26. The first-order chi connectivity index (χ1) is 9.31. The monoisotopic (exact) mass is 279 g/mol. The van der Waals surface area contributed by atoms with Crippen molar-refractivity contribution >= 4 is 11.6 Å². The summed E-state index contributed by atoms with van der Waals surface area (Å²) in [5.41, 5.74) is 1.10. The van der Waals surface area contributed by atoms with Gasteiger partial charge >= 0.3 is 0 Å². The molecule has 0 bridgehead atoms. The summed E-state index contributed by atoms with van der Waals surface area (Å²) in [5.74, 6) is 4.04. The second-order valence-corrected chi connectivity index (χ2v) is 4.85. The summed E-state index contributed by atoms with van der Waals surface area (Å²) in [5, 5.41) is 3.98. The van der Waals surface area contributed by atoms with E-state index in [9.17, 15) is 0 Å². The van der Waals surface area contributed by atoms with Gasteiger partial charge in [0.2, 0.25) is 0 Å². The topological polar surface area (TPSA) is 30.5 Å². The van der Waals surface area contributed by atoms with E-state index >= 15 is 0 Å². The predicted molar refractivity (Wildman–Crippen MR) is 76.8 cm³/mol. The van der Waals surface area contributed by atoms with Crippen LogP contribution in [-0.2, 0) is 6.54 Å². The van der Waals surface area contributed by atoms with Gasteiger partial charge in [-0.1, -0.05) is 11.6 Å². The number of hydrogen-bond acceptors (Lipinski definition) is 3. The number of ether oxygens (including phenoxy) is 2. The van der Waals surface area contributed by atoms with Crippen molar-refractivity contribution in [3.63, 3.8) is 0 Å². The standard InChI is InChI=1S/C15H18ClNO2/c1-2-3-4-5-6-17-11-12-9-13(16)15-14(10-12)18-7-8-19-15/h1,9-10,17H,3-8,11H2. The normalized spacial score (nSPS) is 13.1. The third-order valence-electron chi connectivity index (χ3n) is 2.91. The minimum atomic E-state index is 0.555. The molecule has 0 spiro atoms. The highest BCUT2D eigenvalue weighted by Gasteiger charge is 2.16. The first-order valence-electron chi connectivity index (χ1n) is 6.53. The van der Waals surface area contributed by atoms with Crippen molar-refractivity contribution in [3.8, 4) is 23.8 Å². The van der Waals surface area contributed by atoms with Crippen molar-refractivity contribution in [1.29, 1.82) is 0 Å². The average molecular weight is 280 g/mol. The minimum Gasteiger partial charge on any atom is -0.486 e. The summed E-state index contributed by atoms with van der Waals surface area (Å²) in [6.45, 7) is 2.85. The Morgan fingerprint density at radius 2 is 2.11 bits per heavy atom. The molecular weight excluding hydrogens is 262 g/mol. The van der Waals surface area contributed by atoms with Crippen molar-refractivity contribution in [2.24, 2.45) is 0 Å². The molecular formula is C15H18ClNO2. The van der Waals surface area contributed by atoms with E-state index < -0.39 is 0 Å². The van der Waals surface area contributed by atoms with Crippen molar-refractivity contribution in [1.82, 2.24) is 5.32 Å². The number of benzene rings is 1. The molecule has 3 nitrogen and oxygen atoms in total. The Bertz CT molecular complexity index is 468. The molecule has 0 aliphatic carbocycles. The zero-order chi connectivity index (χ0) is 13.5. The van der Waals surface area contributed by atoms with Gasteiger partial charge in [0.05, 0.1) is 5.02 Å². The van der Waals surface area contributed by atoms with Gasteiger partial charge in [-0.2, -0.15) is 0 Å². The van der Waals surface area contributed by atoms with Crippen LogP contribution in [0.15, 0.2) is 12.1 Å². The van der Waals surface area contributed by atoms with Crippen molar-refractivity contribution < 1.29 is 9.47 Å². The van der Waals surface area contributed by atoms with E-state index in [1.807, 2.05) is 12.1 Å². The number of fused-ring (bicyclic) bond motifs is 1. The highest BCUT2D eigenvalue weighted by atomic mass is 35.5. The maximum absolute atomic E-state index is 6.17. The van der Waals surface area contributed by atoms with Crippen LogP contribution in [0.1, 0.15) is 24.8 Å². The van der Waals surface area contributed by atoms with Crippen LogP contribution < -0.4 is 14.8 Å². The summed E-state index contributed by atoms with van der Waals surface area (Å²) in [4.78, 5) is 0. The Hall–Kier alpha value is -1.37. The lowest BCUT2D eigenvalue weighted by Crippen LogP contribution is -2.17. The number of unbranched alkanes of at least 4 members (excludes halogenated alkanes) is 2. The molecule has 1 aliphatic heterocycles. The van der Waals surface area contributed by atoms with Crippen LogP contribution in [0.25, 0.3) is 0 Å². The summed E-state index contributed by atoms with van der Waals surface area (Å²) in [6.07, 6.45) is 8.20. The zero-order valence-electron chi connectivity index (χ0n) is 10.9. The number of rotatable bonds is 6. The van der Waals surface area contributed by atoms with Gasteiger partial charge in [0.1, 0.15) is 13.2 Å². The van der Waals surface area contributed by atoms with Gasteiger partial charge in [0, 0.05) is 13.0 Å². The SMILES string of the molecule is C#CCCCCNCc1cc(Cl)c2c(c1)OCCO2. The Morgan fingerprint density at radius 3 is 2.95 bits per heavy atom. The molecule has 0 saturated carbocycles. The molecule has 2 rings (SSSR count). The third kappa shape index (κ3) is 4.05. The van der Waals surface area contributed by atoms with Crippen LogP contribution in [0.3, 0.4) is 0 Å². The summed E-state index contributed by atoms with van der Waals surface area (Å²) < 4.78 is 11.0. The lowest BCUT2D eigenvalue weighted by atomic mass is 10.2. The Morgan fingerprint density at radius 1 is 1.26 bits per heavy atom. The highest BCUT2D eigenvalue weighted by Crippen LogP contribution is 2.38.